The van der Waals surface area contributed by atoms with Crippen molar-refractivity contribution in [3.8, 4) is 5.75 Å². The van der Waals surface area contributed by atoms with Gasteiger partial charge in [-0.15, -0.1) is 6.58 Å². The van der Waals surface area contributed by atoms with Crippen LogP contribution in [-0.4, -0.2) is 19.2 Å². The number of nitrogens with two attached hydrogens (primary N) is 1. The zero-order valence-electron chi connectivity index (χ0n) is 9.65. The van der Waals surface area contributed by atoms with Crippen LogP contribution in [0.4, 0.5) is 11.4 Å². The number of rotatable bonds is 3. The van der Waals surface area contributed by atoms with Crippen molar-refractivity contribution in [1.29, 1.82) is 0 Å². The fourth-order valence-electron chi connectivity index (χ4n) is 1.98. The van der Waals surface area contributed by atoms with Gasteiger partial charge in [-0.2, -0.15) is 0 Å². The molecule has 0 radical (unpaired) electrons. The molecule has 1 aliphatic rings. The van der Waals surface area contributed by atoms with E-state index in [0.717, 1.165) is 36.6 Å². The molecule has 16 heavy (non-hydrogen) atoms. The predicted octanol–water partition coefficient (Wildman–Crippen LogP) is 2.43. The molecule has 3 nitrogen and oxygen atoms in total. The van der Waals surface area contributed by atoms with Gasteiger partial charge in [-0.05, 0) is 24.6 Å². The Morgan fingerprint density at radius 1 is 1.62 bits per heavy atom. The molecule has 1 atom stereocenters. The zero-order chi connectivity index (χ0) is 11.5. The lowest BCUT2D eigenvalue weighted by molar-refractivity contribution is 0.190. The quantitative estimate of drug-likeness (QED) is 0.625. The molecule has 2 rings (SSSR count). The van der Waals surface area contributed by atoms with E-state index in [1.165, 1.54) is 0 Å². The summed E-state index contributed by atoms with van der Waals surface area (Å²) in [5.74, 6) is 0.925. The van der Waals surface area contributed by atoms with Crippen LogP contribution in [0.3, 0.4) is 0 Å². The second-order valence-electron chi connectivity index (χ2n) is 4.07. The fraction of sp³-hybridized carbons (Fsp3) is 0.385. The third kappa shape index (κ3) is 1.98. The topological polar surface area (TPSA) is 38.5 Å². The minimum atomic E-state index is 0.260. The van der Waals surface area contributed by atoms with Gasteiger partial charge >= 0.3 is 0 Å². The minimum Gasteiger partial charge on any atom is -0.486 e. The summed E-state index contributed by atoms with van der Waals surface area (Å²) in [6, 6.07) is 5.79. The Kier molecular flexibility index (Phi) is 3.04. The largest absolute Gasteiger partial charge is 0.486 e. The van der Waals surface area contributed by atoms with Crippen molar-refractivity contribution >= 4 is 11.4 Å². The highest BCUT2D eigenvalue weighted by molar-refractivity contribution is 5.66. The summed E-state index contributed by atoms with van der Waals surface area (Å²) in [5.41, 5.74) is 7.64. The van der Waals surface area contributed by atoms with E-state index in [-0.39, 0.29) is 6.10 Å². The predicted molar refractivity (Wildman–Crippen MR) is 68.0 cm³/mol. The van der Waals surface area contributed by atoms with E-state index in [4.69, 9.17) is 10.5 Å². The van der Waals surface area contributed by atoms with Crippen LogP contribution in [0.15, 0.2) is 30.9 Å². The molecule has 0 fully saturated rings. The number of nitrogens with zero attached hydrogens (tertiary/aromatic N) is 1. The molecule has 86 valence electrons. The summed E-state index contributed by atoms with van der Waals surface area (Å²) in [6.07, 6.45) is 3.18. The first-order valence-corrected chi connectivity index (χ1v) is 5.66. The molecular formula is C13H18N2O. The number of anilines is 2. The van der Waals surface area contributed by atoms with Gasteiger partial charge in [0.25, 0.3) is 0 Å². The summed E-state index contributed by atoms with van der Waals surface area (Å²) in [4.78, 5) is 2.26. The maximum absolute atomic E-state index is 5.88. The molecule has 0 aliphatic carbocycles. The van der Waals surface area contributed by atoms with Crippen LogP contribution in [0.25, 0.3) is 0 Å². The molecule has 1 aliphatic heterocycles. The van der Waals surface area contributed by atoms with Gasteiger partial charge in [0.15, 0.2) is 0 Å². The summed E-state index contributed by atoms with van der Waals surface area (Å²) >= 11 is 0. The molecule has 0 saturated heterocycles. The number of nitrogen functional groups attached to an aromatic ring is 1. The Labute approximate surface area is 96.5 Å². The average Bonchev–Trinajstić information content (AvgIpc) is 2.30. The highest BCUT2D eigenvalue weighted by atomic mass is 16.5. The molecule has 2 N–H and O–H groups in total. The Morgan fingerprint density at radius 2 is 2.44 bits per heavy atom. The van der Waals surface area contributed by atoms with Gasteiger partial charge in [0.05, 0.1) is 12.2 Å². The zero-order valence-corrected chi connectivity index (χ0v) is 9.65. The van der Waals surface area contributed by atoms with Gasteiger partial charge in [0, 0.05) is 12.2 Å². The monoisotopic (exact) mass is 218 g/mol. The van der Waals surface area contributed by atoms with Crippen LogP contribution in [0.1, 0.15) is 13.3 Å². The van der Waals surface area contributed by atoms with Crippen molar-refractivity contribution in [2.45, 2.75) is 19.4 Å². The lowest BCUT2D eigenvalue weighted by Gasteiger charge is -2.35. The molecule has 1 unspecified atom stereocenters. The number of benzene rings is 1. The smallest absolute Gasteiger partial charge is 0.143 e. The average molecular weight is 218 g/mol. The SMILES string of the molecule is C=CCN1CC(CC)Oc2ccc(N)cc21. The second-order valence-corrected chi connectivity index (χ2v) is 4.07. The molecule has 0 bridgehead atoms. The summed E-state index contributed by atoms with van der Waals surface area (Å²) in [7, 11) is 0. The van der Waals surface area contributed by atoms with Crippen molar-refractivity contribution < 1.29 is 4.74 Å². The maximum atomic E-state index is 5.88. The van der Waals surface area contributed by atoms with E-state index < -0.39 is 0 Å². The third-order valence-electron chi connectivity index (χ3n) is 2.85. The Bertz CT molecular complexity index is 390. The Morgan fingerprint density at radius 3 is 3.12 bits per heavy atom. The minimum absolute atomic E-state index is 0.260. The molecule has 0 spiro atoms. The lowest BCUT2D eigenvalue weighted by Crippen LogP contribution is -2.39. The van der Waals surface area contributed by atoms with E-state index in [1.54, 1.807) is 0 Å². The van der Waals surface area contributed by atoms with Crippen LogP contribution in [-0.2, 0) is 0 Å². The Hall–Kier alpha value is -1.64. The maximum Gasteiger partial charge on any atom is 0.143 e. The molecule has 3 heteroatoms. The number of fused-ring (bicyclic) bond motifs is 1. The molecule has 0 amide bonds. The van der Waals surface area contributed by atoms with Gasteiger partial charge in [-0.25, -0.2) is 0 Å². The first-order valence-electron chi connectivity index (χ1n) is 5.66. The number of hydrogen-bond donors (Lipinski definition) is 1. The Balaban J connectivity index is 2.34. The molecular weight excluding hydrogens is 200 g/mol. The van der Waals surface area contributed by atoms with Gasteiger partial charge in [-0.1, -0.05) is 13.0 Å². The molecule has 1 heterocycles. The van der Waals surface area contributed by atoms with Crippen LogP contribution in [0.5, 0.6) is 5.75 Å². The van der Waals surface area contributed by atoms with E-state index in [2.05, 4.69) is 18.4 Å². The molecule has 1 aromatic rings. The van der Waals surface area contributed by atoms with Crippen LogP contribution < -0.4 is 15.4 Å². The van der Waals surface area contributed by atoms with E-state index in [0.29, 0.717) is 0 Å². The molecule has 0 aromatic heterocycles. The standard InChI is InChI=1S/C13H18N2O/c1-3-7-15-9-11(4-2)16-13-6-5-10(14)8-12(13)15/h3,5-6,8,11H,1,4,7,9,14H2,2H3. The van der Waals surface area contributed by atoms with Crippen molar-refractivity contribution in [2.24, 2.45) is 0 Å². The van der Waals surface area contributed by atoms with Crippen LogP contribution in [0.2, 0.25) is 0 Å². The second kappa shape index (κ2) is 4.47. The summed E-state index contributed by atoms with van der Waals surface area (Å²) < 4.78 is 5.88. The summed E-state index contributed by atoms with van der Waals surface area (Å²) in [6.45, 7) is 7.66. The third-order valence-corrected chi connectivity index (χ3v) is 2.85. The number of ether oxygens (including phenoxy) is 1. The van der Waals surface area contributed by atoms with Gasteiger partial charge < -0.3 is 15.4 Å². The van der Waals surface area contributed by atoms with Crippen LogP contribution in [0, 0.1) is 0 Å². The van der Waals surface area contributed by atoms with Crippen molar-refractivity contribution in [3.63, 3.8) is 0 Å². The normalized spacial score (nSPS) is 18.8. The van der Waals surface area contributed by atoms with Gasteiger partial charge in [-0.3, -0.25) is 0 Å². The van der Waals surface area contributed by atoms with Gasteiger partial charge in [0.1, 0.15) is 11.9 Å². The van der Waals surface area contributed by atoms with E-state index in [9.17, 15) is 0 Å². The highest BCUT2D eigenvalue weighted by Crippen LogP contribution is 2.35. The van der Waals surface area contributed by atoms with Gasteiger partial charge in [0.2, 0.25) is 0 Å². The highest BCUT2D eigenvalue weighted by Gasteiger charge is 2.23. The lowest BCUT2D eigenvalue weighted by atomic mass is 10.1. The first-order chi connectivity index (χ1) is 7.74. The van der Waals surface area contributed by atoms with Crippen LogP contribution >= 0.6 is 0 Å². The molecule has 0 saturated carbocycles. The van der Waals surface area contributed by atoms with Crippen molar-refractivity contribution in [2.75, 3.05) is 23.7 Å². The van der Waals surface area contributed by atoms with Crippen molar-refractivity contribution in [1.82, 2.24) is 0 Å². The first kappa shape index (κ1) is 10.9. The van der Waals surface area contributed by atoms with Crippen molar-refractivity contribution in [3.05, 3.63) is 30.9 Å². The van der Waals surface area contributed by atoms with E-state index >= 15 is 0 Å². The van der Waals surface area contributed by atoms with E-state index in [1.807, 2.05) is 24.3 Å². The molecule has 1 aromatic carbocycles. The summed E-state index contributed by atoms with van der Waals surface area (Å²) in [5, 5.41) is 0. The fourth-order valence-corrected chi connectivity index (χ4v) is 1.98. The number of hydrogen-bond acceptors (Lipinski definition) is 3.